The van der Waals surface area contributed by atoms with Crippen LogP contribution in [0.3, 0.4) is 0 Å². The minimum absolute atomic E-state index is 0.147. The number of rotatable bonds is 4. The van der Waals surface area contributed by atoms with Crippen molar-refractivity contribution >= 4 is 10.0 Å². The average Bonchev–Trinajstić information content (AvgIpc) is 3.18. The van der Waals surface area contributed by atoms with Crippen LogP contribution in [0.15, 0.2) is 53.6 Å². The standard InChI is InChI=1S/C17H21N3O2S/c21-23(22,16-6-2-1-3-7-16)20-10-8-17(14-20)12-19(13-17)11-15-5-4-9-18-15/h1-7,9,18H,8,10-14H2. The normalized spacial score (nSPS) is 21.6. The molecule has 2 aromatic rings. The molecule has 0 aliphatic carbocycles. The highest BCUT2D eigenvalue weighted by Gasteiger charge is 2.50. The number of hydrogen-bond acceptors (Lipinski definition) is 3. The minimum Gasteiger partial charge on any atom is -0.364 e. The molecule has 1 aromatic heterocycles. The number of likely N-dealkylation sites (tertiary alicyclic amines) is 1. The van der Waals surface area contributed by atoms with Crippen molar-refractivity contribution in [3.05, 3.63) is 54.4 Å². The molecule has 0 radical (unpaired) electrons. The lowest BCUT2D eigenvalue weighted by Crippen LogP contribution is -2.57. The van der Waals surface area contributed by atoms with Crippen LogP contribution in [0.2, 0.25) is 0 Å². The lowest BCUT2D eigenvalue weighted by atomic mass is 9.79. The summed E-state index contributed by atoms with van der Waals surface area (Å²) in [5, 5.41) is 0. The molecule has 2 aliphatic rings. The van der Waals surface area contributed by atoms with E-state index in [1.54, 1.807) is 28.6 Å². The van der Waals surface area contributed by atoms with Gasteiger partial charge in [0.1, 0.15) is 0 Å². The zero-order valence-electron chi connectivity index (χ0n) is 13.0. The van der Waals surface area contributed by atoms with Gasteiger partial charge in [0.15, 0.2) is 0 Å². The van der Waals surface area contributed by atoms with Crippen LogP contribution >= 0.6 is 0 Å². The number of hydrogen-bond donors (Lipinski definition) is 1. The predicted molar refractivity (Wildman–Crippen MR) is 88.3 cm³/mol. The topological polar surface area (TPSA) is 56.4 Å². The largest absolute Gasteiger partial charge is 0.364 e. The maximum Gasteiger partial charge on any atom is 0.243 e. The highest BCUT2D eigenvalue weighted by molar-refractivity contribution is 7.89. The molecule has 0 atom stereocenters. The smallest absolute Gasteiger partial charge is 0.243 e. The van der Waals surface area contributed by atoms with Gasteiger partial charge >= 0.3 is 0 Å². The number of nitrogens with one attached hydrogen (secondary N) is 1. The van der Waals surface area contributed by atoms with Crippen LogP contribution in [0.5, 0.6) is 0 Å². The lowest BCUT2D eigenvalue weighted by Gasteiger charge is -2.48. The van der Waals surface area contributed by atoms with Gasteiger partial charge in [-0.05, 0) is 30.7 Å². The third kappa shape index (κ3) is 2.71. The van der Waals surface area contributed by atoms with Crippen molar-refractivity contribution in [3.63, 3.8) is 0 Å². The Morgan fingerprint density at radius 2 is 1.83 bits per heavy atom. The number of aromatic amines is 1. The average molecular weight is 331 g/mol. The van der Waals surface area contributed by atoms with E-state index in [9.17, 15) is 8.42 Å². The molecule has 0 bridgehead atoms. The lowest BCUT2D eigenvalue weighted by molar-refractivity contribution is 0.00573. The van der Waals surface area contributed by atoms with Crippen molar-refractivity contribution in [2.45, 2.75) is 17.9 Å². The molecule has 2 aliphatic heterocycles. The molecule has 1 aromatic carbocycles. The molecule has 122 valence electrons. The van der Waals surface area contributed by atoms with E-state index < -0.39 is 10.0 Å². The summed E-state index contributed by atoms with van der Waals surface area (Å²) >= 11 is 0. The van der Waals surface area contributed by atoms with Crippen LogP contribution < -0.4 is 0 Å². The maximum absolute atomic E-state index is 12.7. The van der Waals surface area contributed by atoms with E-state index in [1.807, 2.05) is 18.3 Å². The fourth-order valence-corrected chi connectivity index (χ4v) is 5.39. The Bertz CT molecular complexity index is 765. The first-order valence-electron chi connectivity index (χ1n) is 7.97. The first-order valence-corrected chi connectivity index (χ1v) is 9.41. The van der Waals surface area contributed by atoms with E-state index in [1.165, 1.54) is 5.69 Å². The third-order valence-corrected chi connectivity index (χ3v) is 6.82. The Hall–Kier alpha value is -1.63. The second-order valence-electron chi connectivity index (χ2n) is 6.74. The van der Waals surface area contributed by atoms with Crippen LogP contribution in [0, 0.1) is 5.41 Å². The Morgan fingerprint density at radius 1 is 1.04 bits per heavy atom. The van der Waals surface area contributed by atoms with Gasteiger partial charge in [0.05, 0.1) is 4.90 Å². The van der Waals surface area contributed by atoms with E-state index in [0.29, 0.717) is 18.0 Å². The van der Waals surface area contributed by atoms with E-state index in [-0.39, 0.29) is 5.41 Å². The van der Waals surface area contributed by atoms with Gasteiger partial charge in [0.25, 0.3) is 0 Å². The highest BCUT2D eigenvalue weighted by Crippen LogP contribution is 2.41. The van der Waals surface area contributed by atoms with Gasteiger partial charge < -0.3 is 4.98 Å². The molecular weight excluding hydrogens is 310 g/mol. The summed E-state index contributed by atoms with van der Waals surface area (Å²) in [5.41, 5.74) is 1.36. The summed E-state index contributed by atoms with van der Waals surface area (Å²) in [6.07, 6.45) is 2.90. The minimum atomic E-state index is -3.34. The van der Waals surface area contributed by atoms with Gasteiger partial charge in [-0.2, -0.15) is 4.31 Å². The van der Waals surface area contributed by atoms with Crippen molar-refractivity contribution in [2.75, 3.05) is 26.2 Å². The summed E-state index contributed by atoms with van der Waals surface area (Å²) in [5.74, 6) is 0. The molecule has 2 saturated heterocycles. The summed E-state index contributed by atoms with van der Waals surface area (Å²) < 4.78 is 27.1. The summed E-state index contributed by atoms with van der Waals surface area (Å²) in [7, 11) is -3.34. The molecule has 0 saturated carbocycles. The maximum atomic E-state index is 12.7. The van der Waals surface area contributed by atoms with Gasteiger partial charge in [-0.15, -0.1) is 0 Å². The second kappa shape index (κ2) is 5.47. The number of sulfonamides is 1. The molecule has 3 heterocycles. The number of aromatic nitrogens is 1. The molecule has 23 heavy (non-hydrogen) atoms. The molecule has 1 spiro atoms. The quantitative estimate of drug-likeness (QED) is 0.931. The first kappa shape index (κ1) is 14.9. The van der Waals surface area contributed by atoms with Crippen LogP contribution in [0.1, 0.15) is 12.1 Å². The summed E-state index contributed by atoms with van der Waals surface area (Å²) in [6.45, 7) is 4.15. The second-order valence-corrected chi connectivity index (χ2v) is 8.68. The molecule has 6 heteroatoms. The molecular formula is C17H21N3O2S. The molecule has 1 N–H and O–H groups in total. The van der Waals surface area contributed by atoms with Crippen LogP contribution in [0.25, 0.3) is 0 Å². The van der Waals surface area contributed by atoms with Crippen LogP contribution in [-0.2, 0) is 16.6 Å². The molecule has 2 fully saturated rings. The summed E-state index contributed by atoms with van der Waals surface area (Å²) in [4.78, 5) is 6.00. The monoisotopic (exact) mass is 331 g/mol. The Morgan fingerprint density at radius 3 is 2.52 bits per heavy atom. The van der Waals surface area contributed by atoms with Crippen LogP contribution in [-0.4, -0.2) is 48.8 Å². The fourth-order valence-electron chi connectivity index (χ4n) is 3.82. The van der Waals surface area contributed by atoms with Crippen molar-refractivity contribution < 1.29 is 8.42 Å². The molecule has 0 amide bonds. The van der Waals surface area contributed by atoms with Crippen LogP contribution in [0.4, 0.5) is 0 Å². The fraction of sp³-hybridized carbons (Fsp3) is 0.412. The first-order chi connectivity index (χ1) is 11.1. The van der Waals surface area contributed by atoms with E-state index in [4.69, 9.17) is 0 Å². The molecule has 0 unspecified atom stereocenters. The number of H-pyrrole nitrogens is 1. The molecule has 5 nitrogen and oxygen atoms in total. The predicted octanol–water partition coefficient (Wildman–Crippen LogP) is 1.91. The van der Waals surface area contributed by atoms with Gasteiger partial charge in [-0.1, -0.05) is 18.2 Å². The Kier molecular flexibility index (Phi) is 3.55. The van der Waals surface area contributed by atoms with Gasteiger partial charge in [-0.25, -0.2) is 8.42 Å². The third-order valence-electron chi connectivity index (χ3n) is 4.96. The zero-order valence-corrected chi connectivity index (χ0v) is 13.8. The zero-order chi connectivity index (χ0) is 15.9. The SMILES string of the molecule is O=S(=O)(c1ccccc1)N1CCC2(CN(Cc3ccc[nH]3)C2)C1. The Labute approximate surface area is 137 Å². The van der Waals surface area contributed by atoms with Crippen molar-refractivity contribution in [3.8, 4) is 0 Å². The van der Waals surface area contributed by atoms with Crippen molar-refractivity contribution in [1.82, 2.24) is 14.2 Å². The molecule has 4 rings (SSSR count). The van der Waals surface area contributed by atoms with E-state index in [0.717, 1.165) is 26.1 Å². The Balaban J connectivity index is 1.41. The highest BCUT2D eigenvalue weighted by atomic mass is 32.2. The van der Waals surface area contributed by atoms with E-state index in [2.05, 4.69) is 16.0 Å². The van der Waals surface area contributed by atoms with Gasteiger partial charge in [0.2, 0.25) is 10.0 Å². The summed E-state index contributed by atoms with van der Waals surface area (Å²) in [6, 6.07) is 12.9. The van der Waals surface area contributed by atoms with E-state index >= 15 is 0 Å². The number of benzene rings is 1. The van der Waals surface area contributed by atoms with Crippen molar-refractivity contribution in [1.29, 1.82) is 0 Å². The van der Waals surface area contributed by atoms with Crippen molar-refractivity contribution in [2.24, 2.45) is 5.41 Å². The van der Waals surface area contributed by atoms with Gasteiger partial charge in [0, 0.05) is 50.0 Å². The number of nitrogens with zero attached hydrogens (tertiary/aromatic N) is 2. The van der Waals surface area contributed by atoms with Gasteiger partial charge in [-0.3, -0.25) is 4.90 Å².